The molecule has 4 heteroatoms. The molecular weight excluding hydrogens is 318 g/mol. The quantitative estimate of drug-likeness (QED) is 0.887. The van der Waals surface area contributed by atoms with E-state index in [0.29, 0.717) is 5.92 Å². The molecule has 2 atom stereocenters. The Balaban J connectivity index is 1.78. The van der Waals surface area contributed by atoms with Gasteiger partial charge in [-0.05, 0) is 43.9 Å². The van der Waals surface area contributed by atoms with Crippen molar-refractivity contribution in [2.45, 2.75) is 37.8 Å². The first-order valence-corrected chi connectivity index (χ1v) is 8.25. The number of methoxy groups -OCH3 is 1. The van der Waals surface area contributed by atoms with Gasteiger partial charge in [-0.1, -0.05) is 15.9 Å². The molecule has 1 saturated carbocycles. The third kappa shape index (κ3) is 3.35. The first-order chi connectivity index (χ1) is 9.78. The molecule has 1 aromatic carbocycles. The molecule has 1 saturated heterocycles. The number of halogens is 1. The Kier molecular flexibility index (Phi) is 4.64. The summed E-state index contributed by atoms with van der Waals surface area (Å²) in [5, 5.41) is 3.65. The molecule has 1 heterocycles. The fourth-order valence-corrected chi connectivity index (χ4v) is 3.31. The summed E-state index contributed by atoms with van der Waals surface area (Å²) in [6.07, 6.45) is 5.18. The van der Waals surface area contributed by atoms with E-state index < -0.39 is 0 Å². The highest BCUT2D eigenvalue weighted by atomic mass is 79.9. The van der Waals surface area contributed by atoms with Gasteiger partial charge >= 0.3 is 0 Å². The highest BCUT2D eigenvalue weighted by Gasteiger charge is 2.31. The molecule has 20 heavy (non-hydrogen) atoms. The number of benzene rings is 1. The minimum atomic E-state index is 0.141. The van der Waals surface area contributed by atoms with Gasteiger partial charge in [-0.2, -0.15) is 0 Å². The molecule has 2 fully saturated rings. The Bertz CT molecular complexity index is 462. The number of nitrogens with one attached hydrogen (secondary N) is 1. The fraction of sp³-hybridized carbons (Fsp3) is 0.625. The molecule has 0 aromatic heterocycles. The predicted molar refractivity (Wildman–Crippen MR) is 83.1 cm³/mol. The summed E-state index contributed by atoms with van der Waals surface area (Å²) in [5.74, 6) is 1.46. The standard InChI is InChI=1S/C16H22BrNO2/c1-19-15-7-4-12(17)9-14(15)16-11(3-2-8-20-16)10-18-13-5-6-13/h4,7,9,11,13,16,18H,2-3,5-6,8,10H2,1H3. The van der Waals surface area contributed by atoms with Crippen LogP contribution in [0.25, 0.3) is 0 Å². The van der Waals surface area contributed by atoms with Crippen LogP contribution >= 0.6 is 15.9 Å². The molecule has 1 aliphatic carbocycles. The second-order valence-corrected chi connectivity index (χ2v) is 6.68. The number of hydrogen-bond donors (Lipinski definition) is 1. The zero-order valence-electron chi connectivity index (χ0n) is 11.9. The summed E-state index contributed by atoms with van der Waals surface area (Å²) < 4.78 is 12.7. The maximum Gasteiger partial charge on any atom is 0.124 e. The third-order valence-corrected chi connectivity index (χ3v) is 4.68. The van der Waals surface area contributed by atoms with Gasteiger partial charge in [-0.25, -0.2) is 0 Å². The summed E-state index contributed by atoms with van der Waals surface area (Å²) in [6, 6.07) is 6.92. The molecule has 2 unspecified atom stereocenters. The average molecular weight is 340 g/mol. The monoisotopic (exact) mass is 339 g/mol. The lowest BCUT2D eigenvalue weighted by Gasteiger charge is -2.33. The van der Waals surface area contributed by atoms with Gasteiger partial charge in [0.25, 0.3) is 0 Å². The second-order valence-electron chi connectivity index (χ2n) is 5.76. The van der Waals surface area contributed by atoms with Crippen LogP contribution in [0.3, 0.4) is 0 Å². The van der Waals surface area contributed by atoms with Gasteiger partial charge < -0.3 is 14.8 Å². The van der Waals surface area contributed by atoms with Crippen LogP contribution in [0.5, 0.6) is 5.75 Å². The molecular formula is C16H22BrNO2. The van der Waals surface area contributed by atoms with Crippen LogP contribution in [0.1, 0.15) is 37.4 Å². The predicted octanol–water partition coefficient (Wildman–Crippen LogP) is 3.68. The van der Waals surface area contributed by atoms with Crippen LogP contribution in [0.4, 0.5) is 0 Å². The second kappa shape index (κ2) is 6.46. The van der Waals surface area contributed by atoms with Crippen LogP contribution in [0.15, 0.2) is 22.7 Å². The molecule has 110 valence electrons. The van der Waals surface area contributed by atoms with Gasteiger partial charge in [0.2, 0.25) is 0 Å². The Morgan fingerprint density at radius 1 is 1.35 bits per heavy atom. The van der Waals surface area contributed by atoms with Crippen molar-refractivity contribution in [2.75, 3.05) is 20.3 Å². The van der Waals surface area contributed by atoms with Gasteiger partial charge in [0, 0.05) is 35.1 Å². The lowest BCUT2D eigenvalue weighted by Crippen LogP contribution is -2.33. The Hall–Kier alpha value is -0.580. The molecule has 1 aliphatic heterocycles. The maximum absolute atomic E-state index is 6.09. The van der Waals surface area contributed by atoms with Crippen LogP contribution < -0.4 is 10.1 Å². The molecule has 3 rings (SSSR count). The van der Waals surface area contributed by atoms with Crippen molar-refractivity contribution in [1.82, 2.24) is 5.32 Å². The SMILES string of the molecule is COc1ccc(Br)cc1C1OCCCC1CNC1CC1. The van der Waals surface area contributed by atoms with Gasteiger partial charge in [0.15, 0.2) is 0 Å². The molecule has 0 spiro atoms. The molecule has 2 aliphatic rings. The number of rotatable bonds is 5. The third-order valence-electron chi connectivity index (χ3n) is 4.19. The van der Waals surface area contributed by atoms with Crippen molar-refractivity contribution >= 4 is 15.9 Å². The summed E-state index contributed by atoms with van der Waals surface area (Å²) in [6.45, 7) is 1.89. The van der Waals surface area contributed by atoms with E-state index in [2.05, 4.69) is 27.3 Å². The van der Waals surface area contributed by atoms with Crippen LogP contribution in [-0.2, 0) is 4.74 Å². The van der Waals surface area contributed by atoms with E-state index in [1.165, 1.54) is 24.8 Å². The highest BCUT2D eigenvalue weighted by Crippen LogP contribution is 2.39. The Labute approximate surface area is 129 Å². The van der Waals surface area contributed by atoms with E-state index in [9.17, 15) is 0 Å². The average Bonchev–Trinajstić information content (AvgIpc) is 3.29. The summed E-state index contributed by atoms with van der Waals surface area (Å²) in [7, 11) is 1.73. The molecule has 3 nitrogen and oxygen atoms in total. The molecule has 0 radical (unpaired) electrons. The Morgan fingerprint density at radius 2 is 2.20 bits per heavy atom. The van der Waals surface area contributed by atoms with Crippen molar-refractivity contribution in [3.8, 4) is 5.75 Å². The summed E-state index contributed by atoms with van der Waals surface area (Å²) in [4.78, 5) is 0. The lowest BCUT2D eigenvalue weighted by atomic mass is 9.89. The number of hydrogen-bond acceptors (Lipinski definition) is 3. The van der Waals surface area contributed by atoms with Gasteiger partial charge in [0.1, 0.15) is 5.75 Å². The van der Waals surface area contributed by atoms with Crippen LogP contribution in [-0.4, -0.2) is 26.3 Å². The molecule has 1 aromatic rings. The Morgan fingerprint density at radius 3 is 2.95 bits per heavy atom. The van der Waals surface area contributed by atoms with Crippen molar-refractivity contribution in [2.24, 2.45) is 5.92 Å². The minimum Gasteiger partial charge on any atom is -0.496 e. The topological polar surface area (TPSA) is 30.5 Å². The summed E-state index contributed by atoms with van der Waals surface area (Å²) in [5.41, 5.74) is 1.17. The van der Waals surface area contributed by atoms with Crippen LogP contribution in [0.2, 0.25) is 0 Å². The van der Waals surface area contributed by atoms with E-state index in [-0.39, 0.29) is 6.10 Å². The number of ether oxygens (including phenoxy) is 2. The largest absolute Gasteiger partial charge is 0.496 e. The fourth-order valence-electron chi connectivity index (χ4n) is 2.93. The molecule has 0 bridgehead atoms. The van der Waals surface area contributed by atoms with Gasteiger partial charge in [-0.15, -0.1) is 0 Å². The first kappa shape index (κ1) is 14.4. The van der Waals surface area contributed by atoms with Crippen LogP contribution in [0, 0.1) is 5.92 Å². The van der Waals surface area contributed by atoms with E-state index in [0.717, 1.165) is 35.8 Å². The normalized spacial score (nSPS) is 26.5. The highest BCUT2D eigenvalue weighted by molar-refractivity contribution is 9.10. The van der Waals surface area contributed by atoms with Crippen molar-refractivity contribution in [3.63, 3.8) is 0 Å². The van der Waals surface area contributed by atoms with E-state index in [1.807, 2.05) is 12.1 Å². The maximum atomic E-state index is 6.09. The van der Waals surface area contributed by atoms with Gasteiger partial charge in [-0.3, -0.25) is 0 Å². The van der Waals surface area contributed by atoms with E-state index in [4.69, 9.17) is 9.47 Å². The zero-order chi connectivity index (χ0) is 13.9. The van der Waals surface area contributed by atoms with Crippen molar-refractivity contribution in [3.05, 3.63) is 28.2 Å². The lowest BCUT2D eigenvalue weighted by molar-refractivity contribution is -0.0290. The van der Waals surface area contributed by atoms with E-state index >= 15 is 0 Å². The summed E-state index contributed by atoms with van der Waals surface area (Å²) >= 11 is 3.56. The van der Waals surface area contributed by atoms with Crippen molar-refractivity contribution in [1.29, 1.82) is 0 Å². The van der Waals surface area contributed by atoms with Crippen molar-refractivity contribution < 1.29 is 9.47 Å². The van der Waals surface area contributed by atoms with E-state index in [1.54, 1.807) is 7.11 Å². The smallest absolute Gasteiger partial charge is 0.124 e. The molecule has 1 N–H and O–H groups in total. The minimum absolute atomic E-state index is 0.141. The first-order valence-electron chi connectivity index (χ1n) is 7.46. The van der Waals surface area contributed by atoms with Gasteiger partial charge in [0.05, 0.1) is 13.2 Å². The zero-order valence-corrected chi connectivity index (χ0v) is 13.5. The molecule has 0 amide bonds.